The number of benzene rings is 1. The van der Waals surface area contributed by atoms with Crippen molar-refractivity contribution in [2.45, 2.75) is 37.6 Å². The Bertz CT molecular complexity index is 727. The fourth-order valence-electron chi connectivity index (χ4n) is 3.13. The zero-order valence-electron chi connectivity index (χ0n) is 13.4. The maximum atomic E-state index is 14.0. The smallest absolute Gasteiger partial charge is 0.248 e. The Balaban J connectivity index is 1.78. The summed E-state index contributed by atoms with van der Waals surface area (Å²) < 4.78 is 14.0. The van der Waals surface area contributed by atoms with E-state index in [2.05, 4.69) is 10.6 Å². The molecule has 2 fully saturated rings. The lowest BCUT2D eigenvalue weighted by Crippen LogP contribution is -2.48. The van der Waals surface area contributed by atoms with E-state index >= 15 is 0 Å². The summed E-state index contributed by atoms with van der Waals surface area (Å²) in [6.45, 7) is 3.30. The molecule has 3 rings (SSSR count). The van der Waals surface area contributed by atoms with Crippen molar-refractivity contribution in [1.82, 2.24) is 4.90 Å². The van der Waals surface area contributed by atoms with Crippen molar-refractivity contribution in [3.63, 3.8) is 0 Å². The average molecular weight is 351 g/mol. The largest absolute Gasteiger partial charge is 0.326 e. The van der Waals surface area contributed by atoms with Crippen LogP contribution < -0.4 is 10.6 Å². The van der Waals surface area contributed by atoms with Gasteiger partial charge < -0.3 is 15.5 Å². The van der Waals surface area contributed by atoms with E-state index in [4.69, 9.17) is 0 Å². The van der Waals surface area contributed by atoms with Gasteiger partial charge in [0.15, 0.2) is 0 Å². The first-order chi connectivity index (χ1) is 11.3. The molecule has 2 N–H and O–H groups in total. The molecule has 24 heavy (non-hydrogen) atoms. The highest BCUT2D eigenvalue weighted by atomic mass is 32.2. The minimum Gasteiger partial charge on any atom is -0.326 e. The normalized spacial score (nSPS) is 25.5. The van der Waals surface area contributed by atoms with Gasteiger partial charge in [0, 0.05) is 24.8 Å². The second-order valence-corrected chi connectivity index (χ2v) is 7.63. The lowest BCUT2D eigenvalue weighted by Gasteiger charge is -2.29. The molecular weight excluding hydrogens is 333 g/mol. The minimum atomic E-state index is -0.612. The molecule has 1 aromatic carbocycles. The van der Waals surface area contributed by atoms with Gasteiger partial charge in [-0.15, -0.1) is 11.8 Å². The number of hydrogen-bond acceptors (Lipinski definition) is 4. The third-order valence-corrected chi connectivity index (χ3v) is 5.80. The van der Waals surface area contributed by atoms with Crippen LogP contribution in [0.25, 0.3) is 0 Å². The van der Waals surface area contributed by atoms with E-state index in [1.165, 1.54) is 25.1 Å². The number of anilines is 2. The van der Waals surface area contributed by atoms with Gasteiger partial charge in [-0.2, -0.15) is 0 Å². The quantitative estimate of drug-likeness (QED) is 0.875. The highest BCUT2D eigenvalue weighted by molar-refractivity contribution is 8.01. The molecule has 3 amide bonds. The molecular formula is C16H18FN3O3S. The van der Waals surface area contributed by atoms with Crippen LogP contribution >= 0.6 is 11.8 Å². The van der Waals surface area contributed by atoms with E-state index in [9.17, 15) is 18.8 Å². The first-order valence-electron chi connectivity index (χ1n) is 7.64. The standard InChI is InChI=1S/C16H18FN3O3S/c1-9(21)18-10-3-4-11(17)12(7-10)19-15(23)13-8-24-16(2)6-5-14(22)20(13)16/h3-4,7,13H,5-6,8H2,1-2H3,(H,18,21)(H,19,23)/t13-,16+/m0/s1. The summed E-state index contributed by atoms with van der Waals surface area (Å²) >= 11 is 1.58. The van der Waals surface area contributed by atoms with Crippen LogP contribution in [-0.4, -0.2) is 39.3 Å². The predicted octanol–water partition coefficient (Wildman–Crippen LogP) is 2.18. The lowest BCUT2D eigenvalue weighted by atomic mass is 10.2. The van der Waals surface area contributed by atoms with Crippen LogP contribution in [0.15, 0.2) is 18.2 Å². The number of carbonyl (C=O) groups excluding carboxylic acids is 3. The van der Waals surface area contributed by atoms with Gasteiger partial charge >= 0.3 is 0 Å². The number of thioether (sulfide) groups is 1. The molecule has 2 saturated heterocycles. The maximum Gasteiger partial charge on any atom is 0.248 e. The van der Waals surface area contributed by atoms with Crippen molar-refractivity contribution in [1.29, 1.82) is 0 Å². The van der Waals surface area contributed by atoms with E-state index in [1.54, 1.807) is 16.7 Å². The van der Waals surface area contributed by atoms with Crippen molar-refractivity contribution in [2.24, 2.45) is 0 Å². The van der Waals surface area contributed by atoms with E-state index in [0.717, 1.165) is 0 Å². The number of nitrogens with one attached hydrogen (secondary N) is 2. The Morgan fingerprint density at radius 3 is 2.83 bits per heavy atom. The van der Waals surface area contributed by atoms with E-state index in [0.29, 0.717) is 24.3 Å². The topological polar surface area (TPSA) is 78.5 Å². The average Bonchev–Trinajstić information content (AvgIpc) is 2.99. The molecule has 1 aromatic rings. The number of nitrogens with zero attached hydrogens (tertiary/aromatic N) is 1. The summed E-state index contributed by atoms with van der Waals surface area (Å²) in [5.74, 6) is -0.861. The summed E-state index contributed by atoms with van der Waals surface area (Å²) in [5, 5.41) is 5.08. The molecule has 2 heterocycles. The van der Waals surface area contributed by atoms with Gasteiger partial charge in [-0.3, -0.25) is 14.4 Å². The van der Waals surface area contributed by atoms with Gasteiger partial charge in [0.1, 0.15) is 11.9 Å². The highest BCUT2D eigenvalue weighted by Gasteiger charge is 2.52. The van der Waals surface area contributed by atoms with Gasteiger partial charge in [0.05, 0.1) is 10.6 Å². The Morgan fingerprint density at radius 2 is 2.12 bits per heavy atom. The number of carbonyl (C=O) groups is 3. The third-order valence-electron chi connectivity index (χ3n) is 4.29. The van der Waals surface area contributed by atoms with Crippen LogP contribution in [0, 0.1) is 5.82 Å². The van der Waals surface area contributed by atoms with E-state index in [1.807, 2.05) is 6.92 Å². The van der Waals surface area contributed by atoms with Crippen LogP contribution in [0.4, 0.5) is 15.8 Å². The third kappa shape index (κ3) is 2.98. The fourth-order valence-corrected chi connectivity index (χ4v) is 4.56. The number of amides is 3. The Hall–Kier alpha value is -2.09. The van der Waals surface area contributed by atoms with Crippen LogP contribution in [0.5, 0.6) is 0 Å². The molecule has 2 atom stereocenters. The molecule has 2 aliphatic heterocycles. The summed E-state index contributed by atoms with van der Waals surface area (Å²) in [4.78, 5) is 37.0. The number of hydrogen-bond donors (Lipinski definition) is 2. The molecule has 0 bridgehead atoms. The van der Waals surface area contributed by atoms with Crippen LogP contribution in [0.1, 0.15) is 26.7 Å². The Labute approximate surface area is 143 Å². The minimum absolute atomic E-state index is 0.0171. The van der Waals surface area contributed by atoms with Crippen molar-refractivity contribution in [3.8, 4) is 0 Å². The van der Waals surface area contributed by atoms with Crippen molar-refractivity contribution in [2.75, 3.05) is 16.4 Å². The highest BCUT2D eigenvalue weighted by Crippen LogP contribution is 2.47. The van der Waals surface area contributed by atoms with Gasteiger partial charge in [0.2, 0.25) is 17.7 Å². The summed E-state index contributed by atoms with van der Waals surface area (Å²) in [6.07, 6.45) is 1.15. The summed E-state index contributed by atoms with van der Waals surface area (Å²) in [6, 6.07) is 3.34. The zero-order chi connectivity index (χ0) is 17.5. The van der Waals surface area contributed by atoms with E-state index in [-0.39, 0.29) is 22.4 Å². The molecule has 0 radical (unpaired) electrons. The number of rotatable bonds is 3. The summed E-state index contributed by atoms with van der Waals surface area (Å²) in [5.41, 5.74) is 0.374. The molecule has 8 heteroatoms. The molecule has 2 aliphatic rings. The zero-order valence-corrected chi connectivity index (χ0v) is 14.2. The van der Waals surface area contributed by atoms with E-state index < -0.39 is 17.8 Å². The maximum absolute atomic E-state index is 14.0. The molecule has 0 aliphatic carbocycles. The SMILES string of the molecule is CC(=O)Nc1ccc(F)c(NC(=O)[C@@H]2CS[C@]3(C)CCC(=O)N23)c1. The Kier molecular flexibility index (Phi) is 4.25. The molecule has 0 unspecified atom stereocenters. The number of halogens is 1. The van der Waals surface area contributed by atoms with Gasteiger partial charge in [-0.05, 0) is 31.5 Å². The fraction of sp³-hybridized carbons (Fsp3) is 0.438. The molecule has 128 valence electrons. The first-order valence-corrected chi connectivity index (χ1v) is 8.63. The number of fused-ring (bicyclic) bond motifs is 1. The van der Waals surface area contributed by atoms with Crippen molar-refractivity contribution < 1.29 is 18.8 Å². The van der Waals surface area contributed by atoms with Crippen molar-refractivity contribution in [3.05, 3.63) is 24.0 Å². The second kappa shape index (κ2) is 6.08. The van der Waals surface area contributed by atoms with Crippen LogP contribution in [0.2, 0.25) is 0 Å². The molecule has 0 aromatic heterocycles. The van der Waals surface area contributed by atoms with Crippen LogP contribution in [-0.2, 0) is 14.4 Å². The first kappa shape index (κ1) is 16.8. The lowest BCUT2D eigenvalue weighted by molar-refractivity contribution is -0.135. The van der Waals surface area contributed by atoms with Crippen molar-refractivity contribution >= 4 is 40.9 Å². The Morgan fingerprint density at radius 1 is 1.38 bits per heavy atom. The summed E-state index contributed by atoms with van der Waals surface area (Å²) in [7, 11) is 0. The second-order valence-electron chi connectivity index (χ2n) is 6.13. The van der Waals surface area contributed by atoms with Crippen LogP contribution in [0.3, 0.4) is 0 Å². The van der Waals surface area contributed by atoms with Gasteiger partial charge in [0.25, 0.3) is 0 Å². The predicted molar refractivity (Wildman–Crippen MR) is 90.1 cm³/mol. The molecule has 6 nitrogen and oxygen atoms in total. The monoisotopic (exact) mass is 351 g/mol. The molecule has 0 saturated carbocycles. The van der Waals surface area contributed by atoms with Gasteiger partial charge in [-0.1, -0.05) is 0 Å². The molecule has 0 spiro atoms. The van der Waals surface area contributed by atoms with Gasteiger partial charge in [-0.25, -0.2) is 4.39 Å².